The van der Waals surface area contributed by atoms with Crippen molar-refractivity contribution in [3.63, 3.8) is 0 Å². The van der Waals surface area contributed by atoms with Gasteiger partial charge in [0.2, 0.25) is 0 Å². The Kier molecular flexibility index (Phi) is 9.89. The monoisotopic (exact) mass is 422 g/mol. The first-order valence-electron chi connectivity index (χ1n) is 10.0. The molecular formula is C19H34O10. The summed E-state index contributed by atoms with van der Waals surface area (Å²) >= 11 is 0. The molecule has 0 aromatic heterocycles. The second-order valence-electron chi connectivity index (χ2n) is 7.50. The Morgan fingerprint density at radius 2 is 1.66 bits per heavy atom. The third-order valence-corrected chi connectivity index (χ3v) is 5.21. The molecule has 0 aromatic carbocycles. The number of hydrogen-bond donors (Lipinski definition) is 6. The molecule has 10 nitrogen and oxygen atoms in total. The molecule has 2 aliphatic heterocycles. The van der Waals surface area contributed by atoms with E-state index >= 15 is 0 Å². The fourth-order valence-electron chi connectivity index (χ4n) is 3.29. The van der Waals surface area contributed by atoms with Gasteiger partial charge in [-0.25, -0.2) is 0 Å². The highest BCUT2D eigenvalue weighted by Gasteiger charge is 2.46. The van der Waals surface area contributed by atoms with Gasteiger partial charge in [-0.2, -0.15) is 0 Å². The quantitative estimate of drug-likeness (QED) is 0.179. The minimum absolute atomic E-state index is 0.233. The van der Waals surface area contributed by atoms with E-state index in [1.807, 2.05) is 0 Å². The van der Waals surface area contributed by atoms with Crippen molar-refractivity contribution in [1.29, 1.82) is 0 Å². The highest BCUT2D eigenvalue weighted by atomic mass is 16.7. The molecule has 0 amide bonds. The Morgan fingerprint density at radius 3 is 2.31 bits per heavy atom. The van der Waals surface area contributed by atoms with Crippen LogP contribution in [0, 0.1) is 0 Å². The van der Waals surface area contributed by atoms with E-state index in [1.54, 1.807) is 6.08 Å². The summed E-state index contributed by atoms with van der Waals surface area (Å²) < 4.78 is 21.8. The van der Waals surface area contributed by atoms with Crippen LogP contribution < -0.4 is 0 Å². The van der Waals surface area contributed by atoms with Gasteiger partial charge >= 0.3 is 0 Å². The number of aliphatic hydroxyl groups is 6. The van der Waals surface area contributed by atoms with Gasteiger partial charge in [-0.1, -0.05) is 32.3 Å². The zero-order valence-electron chi connectivity index (χ0n) is 16.6. The van der Waals surface area contributed by atoms with Crippen LogP contribution in [0.1, 0.15) is 32.6 Å². The van der Waals surface area contributed by atoms with Crippen LogP contribution in [-0.4, -0.2) is 105 Å². The predicted octanol–water partition coefficient (Wildman–Crippen LogP) is -1.60. The Balaban J connectivity index is 1.93. The van der Waals surface area contributed by atoms with Crippen LogP contribution >= 0.6 is 0 Å². The van der Waals surface area contributed by atoms with Gasteiger partial charge in [-0.3, -0.25) is 0 Å². The average molecular weight is 422 g/mol. The van der Waals surface area contributed by atoms with Crippen LogP contribution in [0.5, 0.6) is 0 Å². The summed E-state index contributed by atoms with van der Waals surface area (Å²) in [5.41, 5.74) is 0. The summed E-state index contributed by atoms with van der Waals surface area (Å²) in [5.74, 6) is 0. The maximum atomic E-state index is 10.2. The lowest BCUT2D eigenvalue weighted by Gasteiger charge is -2.42. The van der Waals surface area contributed by atoms with Crippen molar-refractivity contribution < 1.29 is 49.6 Å². The van der Waals surface area contributed by atoms with E-state index in [0.717, 1.165) is 19.3 Å². The van der Waals surface area contributed by atoms with E-state index in [4.69, 9.17) is 18.9 Å². The maximum Gasteiger partial charge on any atom is 0.187 e. The molecular weight excluding hydrogens is 388 g/mol. The Bertz CT molecular complexity index is 492. The molecule has 10 heteroatoms. The summed E-state index contributed by atoms with van der Waals surface area (Å²) in [7, 11) is 0. The van der Waals surface area contributed by atoms with Crippen LogP contribution in [0.25, 0.3) is 0 Å². The number of aliphatic hydroxyl groups excluding tert-OH is 6. The average Bonchev–Trinajstić information content (AvgIpc) is 2.71. The van der Waals surface area contributed by atoms with Gasteiger partial charge < -0.3 is 49.6 Å². The van der Waals surface area contributed by atoms with Crippen LogP contribution in [0.4, 0.5) is 0 Å². The smallest absolute Gasteiger partial charge is 0.187 e. The lowest BCUT2D eigenvalue weighted by Crippen LogP contribution is -2.60. The molecule has 2 fully saturated rings. The molecule has 170 valence electrons. The van der Waals surface area contributed by atoms with Crippen molar-refractivity contribution in [2.24, 2.45) is 0 Å². The van der Waals surface area contributed by atoms with Gasteiger partial charge in [-0.15, -0.1) is 6.58 Å². The predicted molar refractivity (Wildman–Crippen MR) is 99.6 cm³/mol. The molecule has 0 aromatic rings. The van der Waals surface area contributed by atoms with E-state index in [1.165, 1.54) is 0 Å². The van der Waals surface area contributed by atoms with E-state index in [0.29, 0.717) is 6.42 Å². The Hall–Kier alpha value is -0.660. The molecule has 0 aliphatic carbocycles. The van der Waals surface area contributed by atoms with E-state index < -0.39 is 61.4 Å². The Morgan fingerprint density at radius 1 is 0.966 bits per heavy atom. The van der Waals surface area contributed by atoms with Gasteiger partial charge in [0, 0.05) is 0 Å². The number of ether oxygens (including phenoxy) is 4. The largest absolute Gasteiger partial charge is 0.388 e. The molecule has 2 saturated heterocycles. The number of unbranched alkanes of at least 4 members (excludes halogenated alkanes) is 2. The Labute approximate surface area is 170 Å². The highest BCUT2D eigenvalue weighted by Crippen LogP contribution is 2.26. The van der Waals surface area contributed by atoms with Gasteiger partial charge in [0.25, 0.3) is 0 Å². The standard InChI is InChI=1S/C19H34O10/c1-3-5-6-7-10(4-2)28-19-17(25)15(23)14(22)12(29-19)9-27-18-16(24)13(21)11(20)8-26-18/h4,10-25H,2-3,5-9H2,1H3/t10-,11-,12+,13-,14+,15-,16+,17+,18+,19+/m1/s1. The fraction of sp³-hybridized carbons (Fsp3) is 0.895. The second kappa shape index (κ2) is 11.7. The summed E-state index contributed by atoms with van der Waals surface area (Å²) in [5, 5.41) is 59.6. The highest BCUT2D eigenvalue weighted by molar-refractivity contribution is 4.91. The minimum atomic E-state index is -1.53. The van der Waals surface area contributed by atoms with E-state index in [2.05, 4.69) is 13.5 Å². The number of hydrogen-bond acceptors (Lipinski definition) is 10. The first-order chi connectivity index (χ1) is 13.8. The maximum absolute atomic E-state index is 10.2. The van der Waals surface area contributed by atoms with Crippen LogP contribution in [0.2, 0.25) is 0 Å². The fourth-order valence-corrected chi connectivity index (χ4v) is 3.29. The van der Waals surface area contributed by atoms with Crippen molar-refractivity contribution in [2.75, 3.05) is 13.2 Å². The first kappa shape index (κ1) is 24.6. The van der Waals surface area contributed by atoms with Gasteiger partial charge in [0.15, 0.2) is 12.6 Å². The van der Waals surface area contributed by atoms with Crippen molar-refractivity contribution in [1.82, 2.24) is 0 Å². The summed E-state index contributed by atoms with van der Waals surface area (Å²) in [6.45, 7) is 5.24. The van der Waals surface area contributed by atoms with Gasteiger partial charge in [-0.05, 0) is 6.42 Å². The van der Waals surface area contributed by atoms with E-state index in [-0.39, 0.29) is 13.2 Å². The summed E-state index contributed by atoms with van der Waals surface area (Å²) in [6.07, 6.45) is -7.36. The molecule has 0 saturated carbocycles. The third kappa shape index (κ3) is 6.41. The molecule has 2 heterocycles. The third-order valence-electron chi connectivity index (χ3n) is 5.21. The molecule has 0 unspecified atom stereocenters. The topological polar surface area (TPSA) is 158 Å². The lowest BCUT2D eigenvalue weighted by molar-refractivity contribution is -0.325. The summed E-state index contributed by atoms with van der Waals surface area (Å²) in [4.78, 5) is 0. The second-order valence-corrected chi connectivity index (χ2v) is 7.50. The first-order valence-corrected chi connectivity index (χ1v) is 10.0. The molecule has 0 radical (unpaired) electrons. The van der Waals surface area contributed by atoms with Crippen molar-refractivity contribution >= 4 is 0 Å². The molecule has 2 aliphatic rings. The SMILES string of the molecule is C=C[C@H](CCCCC)O[C@H]1O[C@@H](CO[C@@H]2OC[C@@H](O)[C@@H](O)[C@@H]2O)[C@H](O)[C@@H](O)[C@@H]1O. The van der Waals surface area contributed by atoms with Crippen LogP contribution in [0.3, 0.4) is 0 Å². The van der Waals surface area contributed by atoms with Crippen LogP contribution in [-0.2, 0) is 18.9 Å². The molecule has 0 spiro atoms. The molecule has 0 bridgehead atoms. The van der Waals surface area contributed by atoms with Crippen molar-refractivity contribution in [3.05, 3.63) is 12.7 Å². The minimum Gasteiger partial charge on any atom is -0.388 e. The molecule has 10 atom stereocenters. The number of rotatable bonds is 10. The van der Waals surface area contributed by atoms with Crippen LogP contribution in [0.15, 0.2) is 12.7 Å². The van der Waals surface area contributed by atoms with Gasteiger partial charge in [0.1, 0.15) is 42.7 Å². The molecule has 29 heavy (non-hydrogen) atoms. The van der Waals surface area contributed by atoms with Gasteiger partial charge in [0.05, 0.1) is 19.3 Å². The normalized spacial score (nSPS) is 41.8. The van der Waals surface area contributed by atoms with E-state index in [9.17, 15) is 30.6 Å². The zero-order chi connectivity index (χ0) is 21.6. The van der Waals surface area contributed by atoms with Crippen molar-refractivity contribution in [2.45, 2.75) is 94.0 Å². The molecule has 6 N–H and O–H groups in total. The molecule has 2 rings (SSSR count). The lowest BCUT2D eigenvalue weighted by atomic mass is 9.99. The van der Waals surface area contributed by atoms with Crippen molar-refractivity contribution in [3.8, 4) is 0 Å². The summed E-state index contributed by atoms with van der Waals surface area (Å²) in [6, 6.07) is 0. The zero-order valence-corrected chi connectivity index (χ0v) is 16.6.